The normalized spacial score (nSPS) is 15.0. The molecule has 0 bridgehead atoms. The van der Waals surface area contributed by atoms with Crippen molar-refractivity contribution in [1.29, 1.82) is 0 Å². The van der Waals surface area contributed by atoms with Crippen LogP contribution in [-0.4, -0.2) is 11.4 Å². The topological polar surface area (TPSA) is 16.4 Å². The van der Waals surface area contributed by atoms with Crippen molar-refractivity contribution in [3.63, 3.8) is 0 Å². The molecule has 0 saturated carbocycles. The standard InChI is InChI=1S/C21H18F3NO/c22-21(23,24)19-7-5-15(6-8-19)17-4-3-16-9-10-25(13-18(16)12-17)14-20-2-1-11-26-20/h1-8,11-12H,9-10,13-14H2. The van der Waals surface area contributed by atoms with E-state index in [1.54, 1.807) is 6.26 Å². The molecule has 3 aromatic rings. The molecular weight excluding hydrogens is 339 g/mol. The van der Waals surface area contributed by atoms with Crippen molar-refractivity contribution < 1.29 is 17.6 Å². The highest BCUT2D eigenvalue weighted by molar-refractivity contribution is 5.65. The molecule has 1 aliphatic rings. The van der Waals surface area contributed by atoms with Crippen molar-refractivity contribution in [1.82, 2.24) is 4.90 Å². The molecule has 0 radical (unpaired) electrons. The van der Waals surface area contributed by atoms with Gasteiger partial charge in [-0.15, -0.1) is 0 Å². The fourth-order valence-electron chi connectivity index (χ4n) is 3.40. The predicted molar refractivity (Wildman–Crippen MR) is 93.4 cm³/mol. The lowest BCUT2D eigenvalue weighted by Crippen LogP contribution is -2.29. The molecule has 0 saturated heterocycles. The van der Waals surface area contributed by atoms with Crippen LogP contribution < -0.4 is 0 Å². The van der Waals surface area contributed by atoms with Crippen LogP contribution in [0.2, 0.25) is 0 Å². The highest BCUT2D eigenvalue weighted by Gasteiger charge is 2.30. The Morgan fingerprint density at radius 1 is 0.923 bits per heavy atom. The Labute approximate surface area is 149 Å². The maximum absolute atomic E-state index is 12.7. The van der Waals surface area contributed by atoms with Crippen molar-refractivity contribution in [3.8, 4) is 11.1 Å². The Hall–Kier alpha value is -2.53. The Morgan fingerprint density at radius 3 is 2.38 bits per heavy atom. The summed E-state index contributed by atoms with van der Waals surface area (Å²) in [5.41, 5.74) is 3.64. The summed E-state index contributed by atoms with van der Waals surface area (Å²) in [5.74, 6) is 0.937. The Morgan fingerprint density at radius 2 is 1.69 bits per heavy atom. The molecule has 1 aromatic heterocycles. The van der Waals surface area contributed by atoms with Crippen LogP contribution in [0.15, 0.2) is 65.3 Å². The summed E-state index contributed by atoms with van der Waals surface area (Å²) in [6.07, 6.45) is -1.67. The van der Waals surface area contributed by atoms with Gasteiger partial charge < -0.3 is 4.42 Å². The molecule has 4 rings (SSSR count). The fraction of sp³-hybridized carbons (Fsp3) is 0.238. The van der Waals surface area contributed by atoms with E-state index in [0.717, 1.165) is 55.1 Å². The zero-order valence-electron chi connectivity index (χ0n) is 14.1. The molecule has 2 nitrogen and oxygen atoms in total. The second kappa shape index (κ2) is 6.65. The Bertz CT molecular complexity index is 883. The molecule has 0 atom stereocenters. The fourth-order valence-corrected chi connectivity index (χ4v) is 3.40. The molecule has 0 amide bonds. The van der Waals surface area contributed by atoms with Gasteiger partial charge in [0.25, 0.3) is 0 Å². The van der Waals surface area contributed by atoms with Gasteiger partial charge in [-0.2, -0.15) is 13.2 Å². The molecule has 0 N–H and O–H groups in total. The molecule has 0 fully saturated rings. The van der Waals surface area contributed by atoms with Crippen molar-refractivity contribution in [2.45, 2.75) is 25.7 Å². The lowest BCUT2D eigenvalue weighted by Gasteiger charge is -2.28. The highest BCUT2D eigenvalue weighted by Crippen LogP contribution is 2.32. The average Bonchev–Trinajstić information content (AvgIpc) is 3.13. The van der Waals surface area contributed by atoms with Crippen molar-refractivity contribution >= 4 is 0 Å². The first-order chi connectivity index (χ1) is 12.5. The van der Waals surface area contributed by atoms with Crippen LogP contribution in [0.5, 0.6) is 0 Å². The van der Waals surface area contributed by atoms with Crippen LogP contribution in [0.1, 0.15) is 22.5 Å². The number of hydrogen-bond acceptors (Lipinski definition) is 2. The molecule has 0 unspecified atom stereocenters. The molecule has 0 aliphatic carbocycles. The number of halogens is 3. The molecule has 5 heteroatoms. The van der Waals surface area contributed by atoms with Crippen LogP contribution in [-0.2, 0) is 25.7 Å². The van der Waals surface area contributed by atoms with Crippen LogP contribution in [0.3, 0.4) is 0 Å². The van der Waals surface area contributed by atoms with Gasteiger partial charge in [-0.25, -0.2) is 0 Å². The van der Waals surface area contributed by atoms with Gasteiger partial charge in [0.1, 0.15) is 5.76 Å². The lowest BCUT2D eigenvalue weighted by atomic mass is 9.94. The third-order valence-corrected chi connectivity index (χ3v) is 4.80. The zero-order chi connectivity index (χ0) is 18.1. The van der Waals surface area contributed by atoms with Gasteiger partial charge in [-0.3, -0.25) is 4.90 Å². The summed E-state index contributed by atoms with van der Waals surface area (Å²) in [4.78, 5) is 2.32. The van der Waals surface area contributed by atoms with E-state index < -0.39 is 11.7 Å². The van der Waals surface area contributed by atoms with E-state index in [-0.39, 0.29) is 0 Å². The number of nitrogens with zero attached hydrogens (tertiary/aromatic N) is 1. The van der Waals surface area contributed by atoms with Crippen molar-refractivity contribution in [3.05, 3.63) is 83.3 Å². The van der Waals surface area contributed by atoms with E-state index in [1.807, 2.05) is 18.2 Å². The minimum atomic E-state index is -4.30. The first-order valence-corrected chi connectivity index (χ1v) is 8.53. The minimum absolute atomic E-state index is 0.621. The molecule has 1 aliphatic heterocycles. The van der Waals surface area contributed by atoms with E-state index in [0.29, 0.717) is 0 Å². The van der Waals surface area contributed by atoms with Crippen molar-refractivity contribution in [2.24, 2.45) is 0 Å². The smallest absolute Gasteiger partial charge is 0.416 e. The molecule has 134 valence electrons. The number of fused-ring (bicyclic) bond motifs is 1. The third-order valence-electron chi connectivity index (χ3n) is 4.80. The predicted octanol–water partition coefficient (Wildman–Crippen LogP) is 5.52. The maximum Gasteiger partial charge on any atom is 0.416 e. The summed E-state index contributed by atoms with van der Waals surface area (Å²) >= 11 is 0. The van der Waals surface area contributed by atoms with E-state index >= 15 is 0 Å². The van der Waals surface area contributed by atoms with Crippen LogP contribution in [0, 0.1) is 0 Å². The number of hydrogen-bond donors (Lipinski definition) is 0. The minimum Gasteiger partial charge on any atom is -0.468 e. The van der Waals surface area contributed by atoms with E-state index in [2.05, 4.69) is 17.0 Å². The van der Waals surface area contributed by atoms with Crippen LogP contribution >= 0.6 is 0 Å². The van der Waals surface area contributed by atoms with Crippen molar-refractivity contribution in [2.75, 3.05) is 6.54 Å². The van der Waals surface area contributed by atoms with E-state index in [4.69, 9.17) is 4.42 Å². The van der Waals surface area contributed by atoms with Crippen LogP contribution in [0.25, 0.3) is 11.1 Å². The SMILES string of the molecule is FC(F)(F)c1ccc(-c2ccc3c(c2)CN(Cc2ccco2)CC3)cc1. The van der Waals surface area contributed by atoms with Gasteiger partial charge in [-0.05, 0) is 59.0 Å². The number of furan rings is 1. The largest absolute Gasteiger partial charge is 0.468 e. The maximum atomic E-state index is 12.7. The first kappa shape index (κ1) is 16.9. The summed E-state index contributed by atoms with van der Waals surface area (Å²) in [6.45, 7) is 2.54. The molecule has 0 spiro atoms. The third kappa shape index (κ3) is 3.53. The van der Waals surface area contributed by atoms with E-state index in [1.165, 1.54) is 23.3 Å². The monoisotopic (exact) mass is 357 g/mol. The second-order valence-corrected chi connectivity index (χ2v) is 6.60. The summed E-state index contributed by atoms with van der Waals surface area (Å²) in [7, 11) is 0. The summed E-state index contributed by atoms with van der Waals surface area (Å²) in [6, 6.07) is 15.4. The second-order valence-electron chi connectivity index (χ2n) is 6.60. The van der Waals surface area contributed by atoms with Crippen LogP contribution in [0.4, 0.5) is 13.2 Å². The van der Waals surface area contributed by atoms with Gasteiger partial charge in [0.05, 0.1) is 18.4 Å². The van der Waals surface area contributed by atoms with E-state index in [9.17, 15) is 13.2 Å². The number of rotatable bonds is 3. The molecular formula is C21H18F3NO. The number of alkyl halides is 3. The summed E-state index contributed by atoms with van der Waals surface area (Å²) < 4.78 is 43.6. The molecule has 2 heterocycles. The molecule has 2 aromatic carbocycles. The average molecular weight is 357 g/mol. The highest BCUT2D eigenvalue weighted by atomic mass is 19.4. The zero-order valence-corrected chi connectivity index (χ0v) is 14.1. The van der Waals surface area contributed by atoms with Gasteiger partial charge in [0.2, 0.25) is 0 Å². The van der Waals surface area contributed by atoms with Gasteiger partial charge in [0.15, 0.2) is 0 Å². The Balaban J connectivity index is 1.55. The van der Waals surface area contributed by atoms with Gasteiger partial charge in [0, 0.05) is 13.1 Å². The first-order valence-electron chi connectivity index (χ1n) is 8.53. The lowest BCUT2D eigenvalue weighted by molar-refractivity contribution is -0.137. The molecule has 26 heavy (non-hydrogen) atoms. The van der Waals surface area contributed by atoms with Gasteiger partial charge in [-0.1, -0.05) is 24.3 Å². The quantitative estimate of drug-likeness (QED) is 0.613. The van der Waals surface area contributed by atoms with Gasteiger partial charge >= 0.3 is 6.18 Å². The summed E-state index contributed by atoms with van der Waals surface area (Å²) in [5, 5.41) is 0. The Kier molecular flexibility index (Phi) is 4.32. The number of benzene rings is 2.